The number of oxazole rings is 1. The van der Waals surface area contributed by atoms with Gasteiger partial charge in [0.2, 0.25) is 11.8 Å². The molecule has 132 valence electrons. The molecule has 0 amide bonds. The molecule has 0 saturated heterocycles. The van der Waals surface area contributed by atoms with Crippen LogP contribution < -0.4 is 5.73 Å². The minimum absolute atomic E-state index is 0. The van der Waals surface area contributed by atoms with Gasteiger partial charge < -0.3 is 14.7 Å². The summed E-state index contributed by atoms with van der Waals surface area (Å²) in [6.45, 7) is 0. The molecule has 1 aromatic carbocycles. The molecule has 8 heteroatoms. The molecule has 0 spiro atoms. The Bertz CT molecular complexity index is 838. The Kier molecular flexibility index (Phi) is 5.13. The fraction of sp³-hybridized carbons (Fsp3) is 0.353. The molecule has 0 atom stereocenters. The van der Waals surface area contributed by atoms with Gasteiger partial charge in [-0.3, -0.25) is 0 Å². The average Bonchev–Trinajstić information content (AvgIpc) is 3.30. The highest BCUT2D eigenvalue weighted by molar-refractivity contribution is 6.30. The van der Waals surface area contributed by atoms with Gasteiger partial charge in [-0.2, -0.15) is 4.98 Å². The minimum atomic E-state index is -0.444. The molecule has 0 unspecified atom stereocenters. The molecule has 1 aliphatic carbocycles. The van der Waals surface area contributed by atoms with Gasteiger partial charge in [0.25, 0.3) is 0 Å². The van der Waals surface area contributed by atoms with Crippen molar-refractivity contribution < 1.29 is 8.94 Å². The summed E-state index contributed by atoms with van der Waals surface area (Å²) < 4.78 is 10.9. The lowest BCUT2D eigenvalue weighted by Crippen LogP contribution is -2.34. The van der Waals surface area contributed by atoms with E-state index in [-0.39, 0.29) is 12.4 Å². The van der Waals surface area contributed by atoms with Crippen LogP contribution in [0.2, 0.25) is 5.02 Å². The molecule has 6 nitrogen and oxygen atoms in total. The monoisotopic (exact) mass is 380 g/mol. The van der Waals surface area contributed by atoms with Crippen molar-refractivity contribution in [1.82, 2.24) is 15.1 Å². The first-order valence-electron chi connectivity index (χ1n) is 7.95. The third-order valence-electron chi connectivity index (χ3n) is 4.38. The van der Waals surface area contributed by atoms with E-state index in [1.807, 2.05) is 12.1 Å². The van der Waals surface area contributed by atoms with Crippen LogP contribution in [0.5, 0.6) is 0 Å². The summed E-state index contributed by atoms with van der Waals surface area (Å²) in [7, 11) is 0. The van der Waals surface area contributed by atoms with Crippen LogP contribution in [0, 0.1) is 0 Å². The summed E-state index contributed by atoms with van der Waals surface area (Å²) in [4.78, 5) is 8.91. The second-order valence-electron chi connectivity index (χ2n) is 6.20. The van der Waals surface area contributed by atoms with Crippen LogP contribution in [0.4, 0.5) is 0 Å². The van der Waals surface area contributed by atoms with Gasteiger partial charge in [0.15, 0.2) is 5.82 Å². The van der Waals surface area contributed by atoms with Crippen LogP contribution in [-0.4, -0.2) is 15.1 Å². The Morgan fingerprint density at radius 3 is 2.56 bits per heavy atom. The molecular formula is C17H18Cl2N4O2. The number of nitrogens with zero attached hydrogens (tertiary/aromatic N) is 3. The Morgan fingerprint density at radius 1 is 1.12 bits per heavy atom. The second-order valence-corrected chi connectivity index (χ2v) is 6.64. The van der Waals surface area contributed by atoms with E-state index in [4.69, 9.17) is 26.3 Å². The van der Waals surface area contributed by atoms with Crippen molar-refractivity contribution in [3.05, 3.63) is 53.0 Å². The van der Waals surface area contributed by atoms with E-state index in [2.05, 4.69) is 15.1 Å². The fourth-order valence-electron chi connectivity index (χ4n) is 3.03. The molecule has 2 aromatic heterocycles. The Balaban J connectivity index is 0.00000182. The van der Waals surface area contributed by atoms with E-state index in [0.717, 1.165) is 36.9 Å². The number of nitrogens with two attached hydrogens (primary N) is 1. The number of halogens is 2. The number of benzene rings is 1. The molecule has 3 aromatic rings. The van der Waals surface area contributed by atoms with Crippen LogP contribution in [-0.2, 0) is 12.0 Å². The molecule has 0 bridgehead atoms. The van der Waals surface area contributed by atoms with Gasteiger partial charge in [-0.25, -0.2) is 4.98 Å². The topological polar surface area (TPSA) is 91.0 Å². The minimum Gasteiger partial charge on any atom is -0.444 e. The fourth-order valence-corrected chi connectivity index (χ4v) is 3.15. The zero-order valence-electron chi connectivity index (χ0n) is 13.4. The van der Waals surface area contributed by atoms with E-state index in [9.17, 15) is 0 Å². The number of rotatable bonds is 4. The molecule has 25 heavy (non-hydrogen) atoms. The SMILES string of the molecule is Cl.NC1(c2noc(Cc3coc(-c4ccc(Cl)cc4)n3)n2)CCCC1. The van der Waals surface area contributed by atoms with Crippen molar-refractivity contribution in [3.8, 4) is 11.5 Å². The van der Waals surface area contributed by atoms with Gasteiger partial charge in [-0.05, 0) is 37.1 Å². The largest absolute Gasteiger partial charge is 0.444 e. The average molecular weight is 381 g/mol. The van der Waals surface area contributed by atoms with E-state index < -0.39 is 5.54 Å². The lowest BCUT2D eigenvalue weighted by Gasteiger charge is -2.17. The summed E-state index contributed by atoms with van der Waals surface area (Å²) >= 11 is 5.89. The first kappa shape index (κ1) is 17.9. The Labute approximate surface area is 156 Å². The molecule has 0 aliphatic heterocycles. The lowest BCUT2D eigenvalue weighted by molar-refractivity contribution is 0.351. The number of aromatic nitrogens is 3. The summed E-state index contributed by atoms with van der Waals surface area (Å²) in [5.74, 6) is 1.63. The highest BCUT2D eigenvalue weighted by atomic mass is 35.5. The highest BCUT2D eigenvalue weighted by Gasteiger charge is 2.36. The highest BCUT2D eigenvalue weighted by Crippen LogP contribution is 2.34. The van der Waals surface area contributed by atoms with Crippen molar-refractivity contribution in [2.24, 2.45) is 5.73 Å². The molecule has 2 N–H and O–H groups in total. The molecule has 1 fully saturated rings. The normalized spacial score (nSPS) is 15.9. The number of hydrogen-bond donors (Lipinski definition) is 1. The maximum absolute atomic E-state index is 6.35. The van der Waals surface area contributed by atoms with Gasteiger partial charge in [0, 0.05) is 10.6 Å². The van der Waals surface area contributed by atoms with Crippen molar-refractivity contribution in [1.29, 1.82) is 0 Å². The van der Waals surface area contributed by atoms with E-state index in [0.29, 0.717) is 29.0 Å². The predicted octanol–water partition coefficient (Wildman–Crippen LogP) is 4.12. The predicted molar refractivity (Wildman–Crippen MR) is 95.6 cm³/mol. The lowest BCUT2D eigenvalue weighted by atomic mass is 9.99. The first-order valence-corrected chi connectivity index (χ1v) is 8.32. The third-order valence-corrected chi connectivity index (χ3v) is 4.64. The van der Waals surface area contributed by atoms with Crippen molar-refractivity contribution >= 4 is 24.0 Å². The molecule has 2 heterocycles. The van der Waals surface area contributed by atoms with Gasteiger partial charge in [0.05, 0.1) is 17.7 Å². The van der Waals surface area contributed by atoms with Crippen LogP contribution >= 0.6 is 24.0 Å². The van der Waals surface area contributed by atoms with Gasteiger partial charge in [0.1, 0.15) is 6.26 Å². The van der Waals surface area contributed by atoms with Crippen molar-refractivity contribution in [3.63, 3.8) is 0 Å². The van der Waals surface area contributed by atoms with Gasteiger partial charge in [-0.15, -0.1) is 12.4 Å². The van der Waals surface area contributed by atoms with E-state index in [1.165, 1.54) is 0 Å². The standard InChI is InChI=1S/C17H17ClN4O2.ClH/c18-12-5-3-11(4-6-12)15-20-13(10-23-15)9-14-21-16(22-24-14)17(19)7-1-2-8-17;/h3-6,10H,1-2,7-9,19H2;1H. The smallest absolute Gasteiger partial charge is 0.232 e. The Morgan fingerprint density at radius 2 is 1.84 bits per heavy atom. The van der Waals surface area contributed by atoms with Crippen LogP contribution in [0.3, 0.4) is 0 Å². The van der Waals surface area contributed by atoms with E-state index in [1.54, 1.807) is 18.4 Å². The Hall–Kier alpha value is -1.89. The zero-order chi connectivity index (χ0) is 16.6. The summed E-state index contributed by atoms with van der Waals surface area (Å²) in [5, 5.41) is 4.73. The maximum Gasteiger partial charge on any atom is 0.232 e. The maximum atomic E-state index is 6.35. The summed E-state index contributed by atoms with van der Waals surface area (Å²) in [6.07, 6.45) is 6.03. The van der Waals surface area contributed by atoms with Gasteiger partial charge >= 0.3 is 0 Å². The summed E-state index contributed by atoms with van der Waals surface area (Å²) in [5.41, 5.74) is 7.50. The third kappa shape index (κ3) is 3.71. The molecule has 4 rings (SSSR count). The second kappa shape index (κ2) is 7.15. The quantitative estimate of drug-likeness (QED) is 0.731. The van der Waals surface area contributed by atoms with Gasteiger partial charge in [-0.1, -0.05) is 29.6 Å². The molecule has 0 radical (unpaired) electrons. The van der Waals surface area contributed by atoms with E-state index >= 15 is 0 Å². The molecular weight excluding hydrogens is 363 g/mol. The van der Waals surface area contributed by atoms with Crippen LogP contribution in [0.15, 0.2) is 39.5 Å². The summed E-state index contributed by atoms with van der Waals surface area (Å²) in [6, 6.07) is 7.32. The number of hydrogen-bond acceptors (Lipinski definition) is 6. The molecule has 1 aliphatic rings. The van der Waals surface area contributed by atoms with Crippen molar-refractivity contribution in [2.75, 3.05) is 0 Å². The zero-order valence-corrected chi connectivity index (χ0v) is 15.0. The van der Waals surface area contributed by atoms with Crippen molar-refractivity contribution in [2.45, 2.75) is 37.6 Å². The first-order chi connectivity index (χ1) is 11.6. The van der Waals surface area contributed by atoms with Crippen LogP contribution in [0.25, 0.3) is 11.5 Å². The van der Waals surface area contributed by atoms with Crippen LogP contribution in [0.1, 0.15) is 43.1 Å². The molecule has 1 saturated carbocycles.